The number of nitrogens with zero attached hydrogens (tertiary/aromatic N) is 2. The van der Waals surface area contributed by atoms with Gasteiger partial charge in [0.25, 0.3) is 17.7 Å². The summed E-state index contributed by atoms with van der Waals surface area (Å²) in [4.78, 5) is 41.4. The Morgan fingerprint density at radius 3 is 2.41 bits per heavy atom. The Balaban J connectivity index is 1.52. The standard InChI is InChI=1S/C24H24ClN3O4/c1-15-10-12-27(13-11-15)22(29)16-4-3-5-17(14-16)26-21-20(25)23(30)28(24(21)31)18-6-8-19(32-2)9-7-18/h3-9,14-15,26H,10-13H2,1-2H3. The Labute approximate surface area is 191 Å². The minimum Gasteiger partial charge on any atom is -0.497 e. The molecule has 1 saturated heterocycles. The molecule has 2 heterocycles. The largest absolute Gasteiger partial charge is 0.497 e. The van der Waals surface area contributed by atoms with Crippen LogP contribution < -0.4 is 15.0 Å². The number of ether oxygens (including phenoxy) is 1. The van der Waals surface area contributed by atoms with Gasteiger partial charge in [-0.3, -0.25) is 14.4 Å². The van der Waals surface area contributed by atoms with Crippen molar-refractivity contribution in [3.8, 4) is 5.75 Å². The Morgan fingerprint density at radius 1 is 1.06 bits per heavy atom. The second-order valence-electron chi connectivity index (χ2n) is 8.01. The molecule has 0 atom stereocenters. The van der Waals surface area contributed by atoms with Gasteiger partial charge in [-0.25, -0.2) is 4.90 Å². The number of rotatable bonds is 5. The van der Waals surface area contributed by atoms with Gasteiger partial charge >= 0.3 is 0 Å². The molecule has 0 aliphatic carbocycles. The van der Waals surface area contributed by atoms with Crippen LogP contribution in [0, 0.1) is 5.92 Å². The van der Waals surface area contributed by atoms with Crippen molar-refractivity contribution in [1.29, 1.82) is 0 Å². The first-order valence-electron chi connectivity index (χ1n) is 10.5. The second-order valence-corrected chi connectivity index (χ2v) is 8.39. The molecule has 2 aromatic carbocycles. The molecule has 0 spiro atoms. The van der Waals surface area contributed by atoms with Gasteiger partial charge in [0, 0.05) is 24.3 Å². The molecule has 3 amide bonds. The predicted octanol–water partition coefficient (Wildman–Crippen LogP) is 4.00. The maximum Gasteiger partial charge on any atom is 0.283 e. The Kier molecular flexibility index (Phi) is 6.19. The molecule has 2 aliphatic heterocycles. The maximum atomic E-state index is 13.0. The third-order valence-corrected chi connectivity index (χ3v) is 6.16. The Bertz CT molecular complexity index is 1090. The summed E-state index contributed by atoms with van der Waals surface area (Å²) in [7, 11) is 1.53. The van der Waals surface area contributed by atoms with Crippen LogP contribution in [0.2, 0.25) is 0 Å². The number of carbonyl (C=O) groups excluding carboxylic acids is 3. The number of benzene rings is 2. The monoisotopic (exact) mass is 453 g/mol. The highest BCUT2D eigenvalue weighted by Gasteiger charge is 2.39. The molecular weight excluding hydrogens is 430 g/mol. The van der Waals surface area contributed by atoms with Gasteiger partial charge in [-0.15, -0.1) is 0 Å². The number of anilines is 2. The molecule has 0 unspecified atom stereocenters. The molecule has 32 heavy (non-hydrogen) atoms. The minimum atomic E-state index is -0.612. The summed E-state index contributed by atoms with van der Waals surface area (Å²) >= 11 is 6.22. The zero-order valence-electron chi connectivity index (χ0n) is 17.9. The lowest BCUT2D eigenvalue weighted by Gasteiger charge is -2.30. The smallest absolute Gasteiger partial charge is 0.283 e. The van der Waals surface area contributed by atoms with Gasteiger partial charge < -0.3 is 15.0 Å². The molecule has 0 bridgehead atoms. The lowest BCUT2D eigenvalue weighted by Crippen LogP contribution is -2.37. The van der Waals surface area contributed by atoms with E-state index in [4.69, 9.17) is 16.3 Å². The van der Waals surface area contributed by atoms with E-state index in [2.05, 4.69) is 12.2 Å². The van der Waals surface area contributed by atoms with E-state index in [9.17, 15) is 14.4 Å². The summed E-state index contributed by atoms with van der Waals surface area (Å²) in [5, 5.41) is 2.74. The first kappa shape index (κ1) is 21.9. The van der Waals surface area contributed by atoms with Crippen LogP contribution in [0.1, 0.15) is 30.1 Å². The summed E-state index contributed by atoms with van der Waals surface area (Å²) in [5.41, 5.74) is 1.39. The number of imide groups is 1. The fraction of sp³-hybridized carbons (Fsp3) is 0.292. The molecule has 166 valence electrons. The summed E-state index contributed by atoms with van der Waals surface area (Å²) in [6, 6.07) is 13.4. The van der Waals surface area contributed by atoms with Crippen molar-refractivity contribution in [2.24, 2.45) is 5.92 Å². The van der Waals surface area contributed by atoms with Crippen LogP contribution in [0.15, 0.2) is 59.3 Å². The van der Waals surface area contributed by atoms with Gasteiger partial charge in [0.2, 0.25) is 0 Å². The van der Waals surface area contributed by atoms with Gasteiger partial charge in [-0.05, 0) is 61.2 Å². The molecule has 1 fully saturated rings. The fourth-order valence-corrected chi connectivity index (χ4v) is 4.06. The molecule has 2 aliphatic rings. The van der Waals surface area contributed by atoms with Crippen LogP contribution in [0.25, 0.3) is 0 Å². The van der Waals surface area contributed by atoms with Crippen LogP contribution >= 0.6 is 11.6 Å². The van der Waals surface area contributed by atoms with Crippen LogP contribution in [-0.2, 0) is 9.59 Å². The SMILES string of the molecule is COc1ccc(N2C(=O)C(Cl)=C(Nc3cccc(C(=O)N4CCC(C)CC4)c3)C2=O)cc1. The third kappa shape index (κ3) is 4.21. The number of methoxy groups -OCH3 is 1. The minimum absolute atomic E-state index is 0.0242. The van der Waals surface area contributed by atoms with Gasteiger partial charge in [-0.2, -0.15) is 0 Å². The summed E-state index contributed by atoms with van der Waals surface area (Å²) < 4.78 is 5.12. The number of halogens is 1. The van der Waals surface area contributed by atoms with E-state index in [0.29, 0.717) is 28.6 Å². The van der Waals surface area contributed by atoms with Crippen molar-refractivity contribution >= 4 is 40.7 Å². The Hall–Kier alpha value is -3.32. The summed E-state index contributed by atoms with van der Waals surface area (Å²) in [6.45, 7) is 3.66. The van der Waals surface area contributed by atoms with Crippen molar-refractivity contribution in [3.05, 3.63) is 64.8 Å². The summed E-state index contributed by atoms with van der Waals surface area (Å²) in [5.74, 6) is 0.0100. The van der Waals surface area contributed by atoms with Gasteiger partial charge in [-0.1, -0.05) is 24.6 Å². The lowest BCUT2D eigenvalue weighted by molar-refractivity contribution is -0.120. The average molecular weight is 454 g/mol. The zero-order chi connectivity index (χ0) is 22.8. The molecule has 0 saturated carbocycles. The van der Waals surface area contributed by atoms with Crippen molar-refractivity contribution < 1.29 is 19.1 Å². The number of likely N-dealkylation sites (tertiary alicyclic amines) is 1. The quantitative estimate of drug-likeness (QED) is 0.692. The number of amides is 3. The van der Waals surface area contributed by atoms with E-state index in [1.807, 2.05) is 4.90 Å². The van der Waals surface area contributed by atoms with Gasteiger partial charge in [0.15, 0.2) is 0 Å². The van der Waals surface area contributed by atoms with E-state index >= 15 is 0 Å². The highest BCUT2D eigenvalue weighted by atomic mass is 35.5. The number of nitrogens with one attached hydrogen (secondary N) is 1. The van der Waals surface area contributed by atoms with Crippen LogP contribution in [-0.4, -0.2) is 42.8 Å². The van der Waals surface area contributed by atoms with Crippen molar-refractivity contribution in [3.63, 3.8) is 0 Å². The van der Waals surface area contributed by atoms with E-state index in [-0.39, 0.29) is 16.6 Å². The van der Waals surface area contributed by atoms with E-state index < -0.39 is 11.8 Å². The first-order chi connectivity index (χ1) is 15.4. The molecule has 7 nitrogen and oxygen atoms in total. The zero-order valence-corrected chi connectivity index (χ0v) is 18.7. The van der Waals surface area contributed by atoms with E-state index in [0.717, 1.165) is 30.8 Å². The first-order valence-corrected chi connectivity index (χ1v) is 10.9. The van der Waals surface area contributed by atoms with Crippen LogP contribution in [0.5, 0.6) is 5.75 Å². The third-order valence-electron chi connectivity index (χ3n) is 5.81. The normalized spacial score (nSPS) is 17.2. The molecule has 0 aromatic heterocycles. The average Bonchev–Trinajstić information content (AvgIpc) is 3.02. The number of piperidine rings is 1. The van der Waals surface area contributed by atoms with Crippen molar-refractivity contribution in [2.45, 2.75) is 19.8 Å². The van der Waals surface area contributed by atoms with E-state index in [1.165, 1.54) is 7.11 Å². The molecule has 1 N–H and O–H groups in total. The van der Waals surface area contributed by atoms with Gasteiger partial charge in [0.1, 0.15) is 16.5 Å². The topological polar surface area (TPSA) is 79.0 Å². The highest BCUT2D eigenvalue weighted by molar-refractivity contribution is 6.53. The Morgan fingerprint density at radius 2 is 1.75 bits per heavy atom. The maximum absolute atomic E-state index is 13.0. The fourth-order valence-electron chi connectivity index (χ4n) is 3.85. The molecule has 0 radical (unpaired) electrons. The lowest BCUT2D eigenvalue weighted by atomic mass is 9.98. The molecule has 4 rings (SSSR count). The number of carbonyl (C=O) groups is 3. The molecule has 8 heteroatoms. The van der Waals surface area contributed by atoms with Gasteiger partial charge in [0.05, 0.1) is 12.8 Å². The predicted molar refractivity (Wildman–Crippen MR) is 123 cm³/mol. The molecule has 2 aromatic rings. The van der Waals surface area contributed by atoms with Crippen molar-refractivity contribution in [2.75, 3.05) is 30.4 Å². The number of hydrogen-bond acceptors (Lipinski definition) is 5. The number of hydrogen-bond donors (Lipinski definition) is 1. The second kappa shape index (κ2) is 9.04. The van der Waals surface area contributed by atoms with Crippen LogP contribution in [0.4, 0.5) is 11.4 Å². The van der Waals surface area contributed by atoms with Crippen LogP contribution in [0.3, 0.4) is 0 Å². The van der Waals surface area contributed by atoms with E-state index in [1.54, 1.807) is 48.5 Å². The molecular formula is C24H24ClN3O4. The highest BCUT2D eigenvalue weighted by Crippen LogP contribution is 2.31. The van der Waals surface area contributed by atoms with Crippen molar-refractivity contribution in [1.82, 2.24) is 4.90 Å². The summed E-state index contributed by atoms with van der Waals surface area (Å²) in [6.07, 6.45) is 1.98.